The number of carbonyl (C=O) groups excluding carboxylic acids is 1. The maximum atomic E-state index is 12.2. The number of halogens is 2. The number of hydrogen-bond donors (Lipinski definition) is 1. The van der Waals surface area contributed by atoms with Crippen LogP contribution >= 0.6 is 23.2 Å². The van der Waals surface area contributed by atoms with Gasteiger partial charge in [0.1, 0.15) is 12.2 Å². The molecule has 0 radical (unpaired) electrons. The fourth-order valence-corrected chi connectivity index (χ4v) is 2.38. The van der Waals surface area contributed by atoms with E-state index >= 15 is 0 Å². The lowest BCUT2D eigenvalue weighted by molar-refractivity contribution is -0.139. The Bertz CT molecular complexity index is 639. The number of hydrogen-bond acceptors (Lipinski definition) is 4. The second-order valence-corrected chi connectivity index (χ2v) is 5.47. The number of benzene rings is 1. The van der Waals surface area contributed by atoms with E-state index in [9.17, 15) is 9.90 Å². The molecule has 1 unspecified atom stereocenters. The summed E-state index contributed by atoms with van der Waals surface area (Å²) in [4.78, 5) is 17.6. The molecule has 1 aromatic heterocycles. The van der Waals surface area contributed by atoms with E-state index in [4.69, 9.17) is 23.2 Å². The van der Waals surface area contributed by atoms with Crippen LogP contribution < -0.4 is 0 Å². The Balaban J connectivity index is 2.13. The normalized spacial score (nSPS) is 12.2. The number of aryl methyl sites for hydroxylation is 1. The predicted octanol–water partition coefficient (Wildman–Crippen LogP) is 1.81. The molecular weight excluding hydrogens is 315 g/mol. The SMILES string of the molecule is CN(Cc1ncnn1C)C(=O)C(O)c1cc(Cl)cc(Cl)c1. The van der Waals surface area contributed by atoms with E-state index in [1.54, 1.807) is 18.8 Å². The standard InChI is InChI=1S/C13H14Cl2N4O2/c1-18(6-11-16-7-17-19(11)2)13(21)12(20)8-3-9(14)5-10(15)4-8/h3-5,7,12,20H,6H2,1-2H3. The van der Waals surface area contributed by atoms with E-state index in [-0.39, 0.29) is 6.54 Å². The van der Waals surface area contributed by atoms with Crippen molar-refractivity contribution >= 4 is 29.1 Å². The van der Waals surface area contributed by atoms with Gasteiger partial charge >= 0.3 is 0 Å². The number of aliphatic hydroxyl groups is 1. The van der Waals surface area contributed by atoms with Gasteiger partial charge in [0.2, 0.25) is 0 Å². The first kappa shape index (κ1) is 15.8. The molecule has 2 aromatic rings. The Labute approximate surface area is 131 Å². The predicted molar refractivity (Wildman–Crippen MR) is 78.9 cm³/mol. The van der Waals surface area contributed by atoms with Crippen LogP contribution in [-0.2, 0) is 18.4 Å². The van der Waals surface area contributed by atoms with Gasteiger partial charge in [-0.1, -0.05) is 23.2 Å². The van der Waals surface area contributed by atoms with Crippen LogP contribution in [0.3, 0.4) is 0 Å². The maximum absolute atomic E-state index is 12.2. The van der Waals surface area contributed by atoms with E-state index in [0.717, 1.165) is 0 Å². The van der Waals surface area contributed by atoms with Crippen LogP contribution in [0.4, 0.5) is 0 Å². The van der Waals surface area contributed by atoms with Gasteiger partial charge in [0.05, 0.1) is 6.54 Å². The van der Waals surface area contributed by atoms with Crippen LogP contribution in [0, 0.1) is 0 Å². The molecule has 1 N–H and O–H groups in total. The van der Waals surface area contributed by atoms with Gasteiger partial charge < -0.3 is 10.0 Å². The van der Waals surface area contributed by atoms with Gasteiger partial charge in [0.15, 0.2) is 6.10 Å². The van der Waals surface area contributed by atoms with Gasteiger partial charge in [-0.3, -0.25) is 9.48 Å². The highest BCUT2D eigenvalue weighted by Gasteiger charge is 2.23. The molecule has 6 nitrogen and oxygen atoms in total. The van der Waals surface area contributed by atoms with Crippen LogP contribution in [-0.4, -0.2) is 37.7 Å². The summed E-state index contributed by atoms with van der Waals surface area (Å²) in [6.45, 7) is 0.237. The van der Waals surface area contributed by atoms with Gasteiger partial charge in [-0.25, -0.2) is 4.98 Å². The number of aromatic nitrogens is 3. The fourth-order valence-electron chi connectivity index (χ4n) is 1.84. The Morgan fingerprint density at radius 3 is 2.52 bits per heavy atom. The summed E-state index contributed by atoms with van der Waals surface area (Å²) < 4.78 is 1.56. The lowest BCUT2D eigenvalue weighted by Gasteiger charge is -2.20. The smallest absolute Gasteiger partial charge is 0.256 e. The molecule has 1 aromatic carbocycles. The molecular formula is C13H14Cl2N4O2. The average molecular weight is 329 g/mol. The summed E-state index contributed by atoms with van der Waals surface area (Å²) >= 11 is 11.7. The van der Waals surface area contributed by atoms with Crippen molar-refractivity contribution in [3.63, 3.8) is 0 Å². The van der Waals surface area contributed by atoms with E-state index in [1.165, 1.54) is 29.4 Å². The summed E-state index contributed by atoms with van der Waals surface area (Å²) in [6, 6.07) is 4.55. The van der Waals surface area contributed by atoms with Crippen molar-refractivity contribution < 1.29 is 9.90 Å². The Hall–Kier alpha value is -1.63. The molecule has 21 heavy (non-hydrogen) atoms. The molecule has 0 aliphatic rings. The molecule has 1 amide bonds. The first-order chi connectivity index (χ1) is 9.88. The third-order valence-corrected chi connectivity index (χ3v) is 3.43. The maximum Gasteiger partial charge on any atom is 0.256 e. The van der Waals surface area contributed by atoms with Crippen molar-refractivity contribution in [3.8, 4) is 0 Å². The van der Waals surface area contributed by atoms with E-state index in [0.29, 0.717) is 21.4 Å². The van der Waals surface area contributed by atoms with Crippen LogP contribution in [0.2, 0.25) is 10.0 Å². The Kier molecular flexibility index (Phi) is 4.82. The zero-order valence-corrected chi connectivity index (χ0v) is 13.0. The molecule has 0 aliphatic carbocycles. The first-order valence-electron chi connectivity index (χ1n) is 6.10. The fraction of sp³-hybridized carbons (Fsp3) is 0.308. The largest absolute Gasteiger partial charge is 0.378 e. The van der Waals surface area contributed by atoms with Gasteiger partial charge in [-0.2, -0.15) is 5.10 Å². The van der Waals surface area contributed by atoms with Crippen molar-refractivity contribution in [2.24, 2.45) is 7.05 Å². The van der Waals surface area contributed by atoms with E-state index in [1.807, 2.05) is 0 Å². The molecule has 0 spiro atoms. The lowest BCUT2D eigenvalue weighted by Crippen LogP contribution is -2.32. The number of amides is 1. The third kappa shape index (κ3) is 3.72. The monoisotopic (exact) mass is 328 g/mol. The third-order valence-electron chi connectivity index (χ3n) is 2.99. The Morgan fingerprint density at radius 1 is 1.38 bits per heavy atom. The number of nitrogens with zero attached hydrogens (tertiary/aromatic N) is 4. The quantitative estimate of drug-likeness (QED) is 0.929. The highest BCUT2D eigenvalue weighted by atomic mass is 35.5. The van der Waals surface area contributed by atoms with Crippen molar-refractivity contribution in [1.29, 1.82) is 0 Å². The zero-order valence-electron chi connectivity index (χ0n) is 11.5. The number of carbonyl (C=O) groups is 1. The molecule has 8 heteroatoms. The van der Waals surface area contributed by atoms with E-state index in [2.05, 4.69) is 10.1 Å². The molecule has 112 valence electrons. The minimum Gasteiger partial charge on any atom is -0.378 e. The van der Waals surface area contributed by atoms with E-state index < -0.39 is 12.0 Å². The minimum absolute atomic E-state index is 0.237. The van der Waals surface area contributed by atoms with Crippen molar-refractivity contribution in [1.82, 2.24) is 19.7 Å². The topological polar surface area (TPSA) is 71.2 Å². The highest BCUT2D eigenvalue weighted by molar-refractivity contribution is 6.34. The molecule has 0 aliphatic heterocycles. The van der Waals surface area contributed by atoms with Crippen molar-refractivity contribution in [2.45, 2.75) is 12.6 Å². The summed E-state index contributed by atoms with van der Waals surface area (Å²) in [6.07, 6.45) is 0.0697. The zero-order chi connectivity index (χ0) is 15.6. The Morgan fingerprint density at radius 2 is 2.00 bits per heavy atom. The molecule has 2 rings (SSSR count). The summed E-state index contributed by atoms with van der Waals surface area (Å²) in [5, 5.41) is 14.8. The highest BCUT2D eigenvalue weighted by Crippen LogP contribution is 2.24. The molecule has 0 fully saturated rings. The summed E-state index contributed by atoms with van der Waals surface area (Å²) in [7, 11) is 3.31. The molecule has 0 saturated heterocycles. The minimum atomic E-state index is -1.33. The first-order valence-corrected chi connectivity index (χ1v) is 6.86. The molecule has 1 heterocycles. The summed E-state index contributed by atoms with van der Waals surface area (Å²) in [5.74, 6) is 0.138. The molecule has 1 atom stereocenters. The van der Waals surface area contributed by atoms with Crippen LogP contribution in [0.5, 0.6) is 0 Å². The van der Waals surface area contributed by atoms with Crippen LogP contribution in [0.25, 0.3) is 0 Å². The van der Waals surface area contributed by atoms with Crippen LogP contribution in [0.15, 0.2) is 24.5 Å². The summed E-state index contributed by atoms with van der Waals surface area (Å²) in [5.41, 5.74) is 0.349. The number of rotatable bonds is 4. The molecule has 0 bridgehead atoms. The van der Waals surface area contributed by atoms with Crippen molar-refractivity contribution in [2.75, 3.05) is 7.05 Å². The van der Waals surface area contributed by atoms with Gasteiger partial charge in [0.25, 0.3) is 5.91 Å². The van der Waals surface area contributed by atoms with Gasteiger partial charge in [-0.05, 0) is 23.8 Å². The lowest BCUT2D eigenvalue weighted by atomic mass is 10.1. The van der Waals surface area contributed by atoms with Crippen molar-refractivity contribution in [3.05, 3.63) is 46.0 Å². The second kappa shape index (κ2) is 6.43. The molecule has 0 saturated carbocycles. The van der Waals surface area contributed by atoms with Gasteiger partial charge in [-0.15, -0.1) is 0 Å². The second-order valence-electron chi connectivity index (χ2n) is 4.60. The number of likely N-dealkylation sites (N-methyl/N-ethyl adjacent to an activating group) is 1. The van der Waals surface area contributed by atoms with Gasteiger partial charge in [0, 0.05) is 24.1 Å². The van der Waals surface area contributed by atoms with Crippen LogP contribution in [0.1, 0.15) is 17.5 Å². The average Bonchev–Trinajstić information content (AvgIpc) is 2.81. The number of aliphatic hydroxyl groups excluding tert-OH is 1.